The Labute approximate surface area is 178 Å². The summed E-state index contributed by atoms with van der Waals surface area (Å²) in [4.78, 5) is 16.0. The lowest BCUT2D eigenvalue weighted by molar-refractivity contribution is -0.872. The molecule has 154 valence electrons. The zero-order valence-corrected chi connectivity index (χ0v) is 18.7. The van der Waals surface area contributed by atoms with Gasteiger partial charge >= 0.3 is 5.97 Å². The molecule has 0 atom stereocenters. The summed E-state index contributed by atoms with van der Waals surface area (Å²) in [6.45, 7) is 2.95. The van der Waals surface area contributed by atoms with Crippen molar-refractivity contribution < 1.29 is 24.0 Å². The number of nitrogens with zero attached hydrogens (tertiary/aromatic N) is 1. The predicted molar refractivity (Wildman–Crippen MR) is 117 cm³/mol. The molecule has 1 aromatic heterocycles. The van der Waals surface area contributed by atoms with Crippen LogP contribution in [0.4, 0.5) is 5.69 Å². The number of esters is 1. The second-order valence-corrected chi connectivity index (χ2v) is 8.11. The van der Waals surface area contributed by atoms with Gasteiger partial charge in [-0.3, -0.25) is 0 Å². The Hall–Kier alpha value is -2.51. The third kappa shape index (κ3) is 4.41. The minimum Gasteiger partial charge on any atom is -0.506 e. The third-order valence-corrected chi connectivity index (χ3v) is 5.27. The minimum atomic E-state index is -0.445. The van der Waals surface area contributed by atoms with Gasteiger partial charge in [0.25, 0.3) is 0 Å². The molecule has 0 unspecified atom stereocenters. The number of ether oxygens (including phenoxy) is 1. The molecule has 0 bridgehead atoms. The number of phenolic OH excluding ortho intramolecular Hbond substituents is 1. The van der Waals surface area contributed by atoms with E-state index in [1.807, 2.05) is 56.4 Å². The van der Waals surface area contributed by atoms with Gasteiger partial charge in [0, 0.05) is 18.1 Å². The highest BCUT2D eigenvalue weighted by molar-refractivity contribution is 9.10. The molecular weight excluding hydrogens is 436 g/mol. The summed E-state index contributed by atoms with van der Waals surface area (Å²) in [6.07, 6.45) is 0. The number of benzene rings is 2. The number of quaternary nitrogens is 1. The second-order valence-electron chi connectivity index (χ2n) is 7.25. The van der Waals surface area contributed by atoms with Gasteiger partial charge in [0.05, 0.1) is 37.3 Å². The van der Waals surface area contributed by atoms with Crippen molar-refractivity contribution >= 4 is 38.6 Å². The van der Waals surface area contributed by atoms with Crippen molar-refractivity contribution in [1.29, 1.82) is 0 Å². The van der Waals surface area contributed by atoms with Crippen molar-refractivity contribution in [2.24, 2.45) is 0 Å². The van der Waals surface area contributed by atoms with Crippen molar-refractivity contribution in [3.05, 3.63) is 57.8 Å². The van der Waals surface area contributed by atoms with Gasteiger partial charge in [-0.1, -0.05) is 18.2 Å². The molecule has 3 rings (SSSR count). The van der Waals surface area contributed by atoms with Crippen molar-refractivity contribution in [2.45, 2.75) is 20.0 Å². The predicted octanol–water partition coefficient (Wildman–Crippen LogP) is 3.36. The Balaban J connectivity index is 2.18. The van der Waals surface area contributed by atoms with Crippen molar-refractivity contribution in [1.82, 2.24) is 0 Å². The van der Waals surface area contributed by atoms with Crippen LogP contribution in [-0.2, 0) is 17.8 Å². The summed E-state index contributed by atoms with van der Waals surface area (Å²) in [5, 5.41) is 11.3. The molecule has 2 N–H and O–H groups in total. The topological polar surface area (TPSA) is 67.3 Å². The maximum atomic E-state index is 12.9. The Bertz CT molecular complexity index is 1010. The lowest BCUT2D eigenvalue weighted by Gasteiger charge is -2.18. The van der Waals surface area contributed by atoms with Gasteiger partial charge in [0.1, 0.15) is 29.2 Å². The number of phenols is 1. The van der Waals surface area contributed by atoms with E-state index in [1.54, 1.807) is 13.0 Å². The average Bonchev–Trinajstić information content (AvgIpc) is 3.03. The fourth-order valence-electron chi connectivity index (χ4n) is 3.39. The second kappa shape index (κ2) is 8.88. The van der Waals surface area contributed by atoms with E-state index in [4.69, 9.17) is 9.15 Å². The fourth-order valence-corrected chi connectivity index (χ4v) is 3.84. The van der Waals surface area contributed by atoms with Crippen molar-refractivity contribution in [3.8, 4) is 5.75 Å². The van der Waals surface area contributed by atoms with Crippen molar-refractivity contribution in [2.75, 3.05) is 32.6 Å². The molecule has 0 saturated heterocycles. The van der Waals surface area contributed by atoms with Crippen LogP contribution in [0.3, 0.4) is 0 Å². The van der Waals surface area contributed by atoms with Crippen LogP contribution in [0.15, 0.2) is 45.3 Å². The number of furan rings is 1. The molecule has 0 saturated carbocycles. The van der Waals surface area contributed by atoms with Crippen molar-refractivity contribution in [3.63, 3.8) is 0 Å². The Morgan fingerprint density at radius 1 is 1.28 bits per heavy atom. The monoisotopic (exact) mass is 461 g/mol. The molecule has 0 aliphatic carbocycles. The standard InChI is InChI=1S/C22H25BrN2O4/c1-5-28-22(27)20-18(13-25(4)14-9-7-6-8-10-14)29-17-11-16(23)21(26)15(19(17)20)12-24(2)3/h6-11,26H,5,12-13H2,1-4H3/p+1. The Kier molecular flexibility index (Phi) is 6.49. The first-order valence-corrected chi connectivity index (χ1v) is 10.3. The summed E-state index contributed by atoms with van der Waals surface area (Å²) in [6, 6.07) is 11.6. The molecule has 1 heterocycles. The van der Waals surface area contributed by atoms with E-state index >= 15 is 0 Å². The van der Waals surface area contributed by atoms with Gasteiger partial charge in [0.2, 0.25) is 0 Å². The number of carbonyl (C=O) groups excluding carboxylic acids is 1. The van der Waals surface area contributed by atoms with Crippen LogP contribution in [0.2, 0.25) is 0 Å². The number of aromatic hydroxyl groups is 1. The maximum absolute atomic E-state index is 12.9. The van der Waals surface area contributed by atoms with Crippen LogP contribution in [0, 0.1) is 0 Å². The largest absolute Gasteiger partial charge is 0.506 e. The summed E-state index contributed by atoms with van der Waals surface area (Å²) in [5.41, 5.74) is 2.59. The van der Waals surface area contributed by atoms with E-state index in [-0.39, 0.29) is 12.4 Å². The van der Waals surface area contributed by atoms with E-state index in [0.717, 1.165) is 10.6 Å². The normalized spacial score (nSPS) is 11.2. The Morgan fingerprint density at radius 2 is 1.97 bits per heavy atom. The molecule has 0 aliphatic rings. The lowest BCUT2D eigenvalue weighted by atomic mass is 10.0. The van der Waals surface area contributed by atoms with E-state index in [2.05, 4.69) is 15.9 Å². The van der Waals surface area contributed by atoms with Gasteiger partial charge in [-0.25, -0.2) is 4.79 Å². The molecule has 3 aromatic rings. The van der Waals surface area contributed by atoms with Gasteiger partial charge in [0.15, 0.2) is 0 Å². The highest BCUT2D eigenvalue weighted by Gasteiger charge is 2.28. The van der Waals surface area contributed by atoms with E-state index < -0.39 is 5.97 Å². The van der Waals surface area contributed by atoms with Gasteiger partial charge in [-0.2, -0.15) is 0 Å². The maximum Gasteiger partial charge on any atom is 0.342 e. The number of rotatable bonds is 7. The summed E-state index contributed by atoms with van der Waals surface area (Å²) < 4.78 is 12.0. The summed E-state index contributed by atoms with van der Waals surface area (Å²) in [7, 11) is 5.91. The number of fused-ring (bicyclic) bond motifs is 1. The van der Waals surface area contributed by atoms with Gasteiger partial charge in [-0.05, 0) is 41.1 Å². The first kappa shape index (κ1) is 21.2. The molecule has 0 radical (unpaired) electrons. The van der Waals surface area contributed by atoms with Gasteiger partial charge in [-0.15, -0.1) is 0 Å². The number of hydrogen-bond acceptors (Lipinski definition) is 5. The minimum absolute atomic E-state index is 0.119. The molecule has 7 heteroatoms. The molecular formula is C22H26BrN2O4+. The van der Waals surface area contributed by atoms with E-state index in [0.29, 0.717) is 45.4 Å². The smallest absolute Gasteiger partial charge is 0.342 e. The van der Waals surface area contributed by atoms with Crippen LogP contribution in [0.5, 0.6) is 5.75 Å². The molecule has 2 aromatic carbocycles. The first-order chi connectivity index (χ1) is 13.8. The first-order valence-electron chi connectivity index (χ1n) is 9.51. The molecule has 0 amide bonds. The van der Waals surface area contributed by atoms with Crippen LogP contribution in [0.25, 0.3) is 11.0 Å². The SMILES string of the molecule is CCOC(=O)c1c(CN(C)c2ccccc2)oc2cc(Br)c(O)c(C[NH+](C)C)c12. The lowest BCUT2D eigenvalue weighted by Crippen LogP contribution is -3.04. The fraction of sp³-hybridized carbons (Fsp3) is 0.318. The summed E-state index contributed by atoms with van der Waals surface area (Å²) >= 11 is 3.40. The number of anilines is 1. The quantitative estimate of drug-likeness (QED) is 0.528. The number of nitrogens with one attached hydrogen (secondary N) is 1. The molecule has 0 aliphatic heterocycles. The number of para-hydroxylation sites is 1. The third-order valence-electron chi connectivity index (χ3n) is 4.67. The number of halogens is 1. The average molecular weight is 462 g/mol. The zero-order valence-electron chi connectivity index (χ0n) is 17.1. The van der Waals surface area contributed by atoms with Crippen LogP contribution in [-0.4, -0.2) is 38.8 Å². The molecule has 29 heavy (non-hydrogen) atoms. The number of carbonyl (C=O) groups is 1. The molecule has 6 nitrogen and oxygen atoms in total. The zero-order chi connectivity index (χ0) is 21.1. The highest BCUT2D eigenvalue weighted by Crippen LogP contribution is 2.39. The van der Waals surface area contributed by atoms with E-state index in [9.17, 15) is 9.90 Å². The highest BCUT2D eigenvalue weighted by atomic mass is 79.9. The molecule has 0 fully saturated rings. The van der Waals surface area contributed by atoms with Crippen LogP contribution in [0.1, 0.15) is 28.6 Å². The molecule has 0 spiro atoms. The van der Waals surface area contributed by atoms with Gasteiger partial charge < -0.3 is 24.1 Å². The summed E-state index contributed by atoms with van der Waals surface area (Å²) in [5.74, 6) is 0.185. The number of hydrogen-bond donors (Lipinski definition) is 2. The van der Waals surface area contributed by atoms with E-state index in [1.165, 1.54) is 0 Å². The van der Waals surface area contributed by atoms with Crippen LogP contribution < -0.4 is 9.80 Å². The Morgan fingerprint density at radius 3 is 2.59 bits per heavy atom. The van der Waals surface area contributed by atoms with Crippen LogP contribution >= 0.6 is 15.9 Å².